The molecule has 7 heteroatoms. The first-order chi connectivity index (χ1) is 17.9. The molecule has 1 atom stereocenters. The number of ketones is 1. The van der Waals surface area contributed by atoms with E-state index in [0.717, 1.165) is 18.7 Å². The number of aliphatic hydroxyl groups is 1. The molecular weight excluding hydrogens is 468 g/mol. The monoisotopic (exact) mass is 504 g/mol. The minimum absolute atomic E-state index is 0.0727. The number of benzene rings is 2. The van der Waals surface area contributed by atoms with E-state index in [-0.39, 0.29) is 11.3 Å². The van der Waals surface area contributed by atoms with Gasteiger partial charge in [0.05, 0.1) is 11.6 Å². The molecule has 0 radical (unpaired) electrons. The van der Waals surface area contributed by atoms with Crippen molar-refractivity contribution < 1.29 is 24.2 Å². The molecule has 1 aliphatic heterocycles. The third kappa shape index (κ3) is 6.30. The van der Waals surface area contributed by atoms with Gasteiger partial charge in [0.1, 0.15) is 30.5 Å². The highest BCUT2D eigenvalue weighted by Crippen LogP contribution is 2.40. The first kappa shape index (κ1) is 27.7. The SMILES string of the molecule is C=CCOc1ccc(C2/C(=C(\O)c3ccc(OCC=C)c(C)c3)C(=O)C(=O)N2CCN(CC)CC)cc1. The lowest BCUT2D eigenvalue weighted by Crippen LogP contribution is -2.38. The van der Waals surface area contributed by atoms with E-state index < -0.39 is 17.7 Å². The third-order valence-electron chi connectivity index (χ3n) is 6.46. The number of nitrogens with zero attached hydrogens (tertiary/aromatic N) is 2. The molecule has 0 saturated carbocycles. The Morgan fingerprint density at radius 3 is 2.27 bits per heavy atom. The van der Waals surface area contributed by atoms with E-state index >= 15 is 0 Å². The van der Waals surface area contributed by atoms with Crippen molar-refractivity contribution >= 4 is 17.4 Å². The summed E-state index contributed by atoms with van der Waals surface area (Å²) in [6.07, 6.45) is 3.31. The molecule has 0 aromatic heterocycles. The van der Waals surface area contributed by atoms with Gasteiger partial charge in [-0.05, 0) is 61.5 Å². The molecule has 0 bridgehead atoms. The maximum absolute atomic E-state index is 13.3. The first-order valence-corrected chi connectivity index (χ1v) is 12.5. The predicted octanol–water partition coefficient (Wildman–Crippen LogP) is 4.89. The van der Waals surface area contributed by atoms with Crippen molar-refractivity contribution in [3.05, 3.63) is 90.0 Å². The molecule has 1 amide bonds. The first-order valence-electron chi connectivity index (χ1n) is 12.5. The van der Waals surface area contributed by atoms with E-state index in [1.165, 1.54) is 0 Å². The summed E-state index contributed by atoms with van der Waals surface area (Å²) in [6, 6.07) is 11.7. The number of ether oxygens (including phenoxy) is 2. The number of likely N-dealkylation sites (N-methyl/N-ethyl adjacent to an activating group) is 1. The second-order valence-electron chi connectivity index (χ2n) is 8.77. The van der Waals surface area contributed by atoms with Crippen LogP contribution >= 0.6 is 0 Å². The molecule has 0 spiro atoms. The zero-order chi connectivity index (χ0) is 26.9. The second kappa shape index (κ2) is 12.9. The van der Waals surface area contributed by atoms with Gasteiger partial charge < -0.3 is 24.4 Å². The Hall–Kier alpha value is -3.84. The maximum atomic E-state index is 13.3. The van der Waals surface area contributed by atoms with Crippen LogP contribution in [-0.4, -0.2) is 66.0 Å². The van der Waals surface area contributed by atoms with Crippen LogP contribution in [0.3, 0.4) is 0 Å². The number of hydrogen-bond donors (Lipinski definition) is 1. The van der Waals surface area contributed by atoms with E-state index in [9.17, 15) is 14.7 Å². The van der Waals surface area contributed by atoms with Crippen LogP contribution in [0.25, 0.3) is 5.76 Å². The molecule has 1 saturated heterocycles. The summed E-state index contributed by atoms with van der Waals surface area (Å²) in [4.78, 5) is 30.3. The van der Waals surface area contributed by atoms with Crippen molar-refractivity contribution in [1.82, 2.24) is 9.80 Å². The second-order valence-corrected chi connectivity index (χ2v) is 8.77. The van der Waals surface area contributed by atoms with E-state index in [4.69, 9.17) is 9.47 Å². The van der Waals surface area contributed by atoms with Crippen molar-refractivity contribution in [3.63, 3.8) is 0 Å². The van der Waals surface area contributed by atoms with Crippen molar-refractivity contribution in [2.45, 2.75) is 26.8 Å². The van der Waals surface area contributed by atoms with Crippen molar-refractivity contribution in [2.75, 3.05) is 39.4 Å². The zero-order valence-corrected chi connectivity index (χ0v) is 21.9. The van der Waals surface area contributed by atoms with Crippen LogP contribution in [0, 0.1) is 6.92 Å². The number of aliphatic hydroxyl groups excluding tert-OH is 1. The molecule has 196 valence electrons. The summed E-state index contributed by atoms with van der Waals surface area (Å²) in [5.74, 6) is -0.219. The lowest BCUT2D eigenvalue weighted by molar-refractivity contribution is -0.140. The Bertz CT molecular complexity index is 1160. The highest BCUT2D eigenvalue weighted by Gasteiger charge is 2.46. The number of amides is 1. The van der Waals surface area contributed by atoms with Gasteiger partial charge in [-0.3, -0.25) is 9.59 Å². The molecule has 1 unspecified atom stereocenters. The van der Waals surface area contributed by atoms with Crippen LogP contribution in [0.4, 0.5) is 0 Å². The molecule has 1 fully saturated rings. The number of hydrogen-bond acceptors (Lipinski definition) is 6. The third-order valence-corrected chi connectivity index (χ3v) is 6.46. The van der Waals surface area contributed by atoms with Gasteiger partial charge in [0, 0.05) is 18.7 Å². The minimum Gasteiger partial charge on any atom is -0.507 e. The Morgan fingerprint density at radius 2 is 1.68 bits per heavy atom. The molecule has 0 aliphatic carbocycles. The molecule has 37 heavy (non-hydrogen) atoms. The smallest absolute Gasteiger partial charge is 0.295 e. The van der Waals surface area contributed by atoms with Crippen LogP contribution in [-0.2, 0) is 9.59 Å². The molecule has 1 N–H and O–H groups in total. The van der Waals surface area contributed by atoms with Crippen LogP contribution in [0.15, 0.2) is 73.3 Å². The summed E-state index contributed by atoms with van der Waals surface area (Å²) in [6.45, 7) is 16.7. The minimum atomic E-state index is -0.721. The number of likely N-dealkylation sites (tertiary alicyclic amines) is 1. The topological polar surface area (TPSA) is 79.3 Å². The fraction of sp³-hybridized carbons (Fsp3) is 0.333. The van der Waals surface area contributed by atoms with Crippen LogP contribution in [0.5, 0.6) is 11.5 Å². The van der Waals surface area contributed by atoms with E-state index in [0.29, 0.717) is 48.9 Å². The maximum Gasteiger partial charge on any atom is 0.295 e. The summed E-state index contributed by atoms with van der Waals surface area (Å²) in [5, 5.41) is 11.4. The highest BCUT2D eigenvalue weighted by atomic mass is 16.5. The van der Waals surface area contributed by atoms with E-state index in [1.807, 2.05) is 19.1 Å². The summed E-state index contributed by atoms with van der Waals surface area (Å²) >= 11 is 0. The van der Waals surface area contributed by atoms with Gasteiger partial charge in [-0.25, -0.2) is 0 Å². The number of carbonyl (C=O) groups excluding carboxylic acids is 2. The molecule has 2 aromatic rings. The average molecular weight is 505 g/mol. The Balaban J connectivity index is 2.06. The van der Waals surface area contributed by atoms with Gasteiger partial charge >= 0.3 is 0 Å². The quantitative estimate of drug-likeness (QED) is 0.181. The summed E-state index contributed by atoms with van der Waals surface area (Å²) < 4.78 is 11.2. The molecule has 2 aromatic carbocycles. The van der Waals surface area contributed by atoms with Gasteiger partial charge in [-0.15, -0.1) is 0 Å². The van der Waals surface area contributed by atoms with Crippen molar-refractivity contribution in [1.29, 1.82) is 0 Å². The number of carbonyl (C=O) groups is 2. The number of Topliss-reactive ketones (excluding diaryl/α,β-unsaturated/α-hetero) is 1. The van der Waals surface area contributed by atoms with Gasteiger partial charge in [0.25, 0.3) is 11.7 Å². The van der Waals surface area contributed by atoms with Crippen LogP contribution in [0.1, 0.15) is 36.6 Å². The van der Waals surface area contributed by atoms with E-state index in [1.54, 1.807) is 47.4 Å². The average Bonchev–Trinajstić information content (AvgIpc) is 3.16. The van der Waals surface area contributed by atoms with Gasteiger partial charge in [-0.1, -0.05) is 51.3 Å². The molecule has 7 nitrogen and oxygen atoms in total. The summed E-state index contributed by atoms with van der Waals surface area (Å²) in [7, 11) is 0. The van der Waals surface area contributed by atoms with Gasteiger partial charge in [0.15, 0.2) is 0 Å². The van der Waals surface area contributed by atoms with Crippen molar-refractivity contribution in [2.24, 2.45) is 0 Å². The molecule has 3 rings (SSSR count). The lowest BCUT2D eigenvalue weighted by Gasteiger charge is -2.28. The lowest BCUT2D eigenvalue weighted by atomic mass is 9.94. The molecule has 1 heterocycles. The molecular formula is C30H36N2O5. The fourth-order valence-corrected chi connectivity index (χ4v) is 4.41. The van der Waals surface area contributed by atoms with Crippen molar-refractivity contribution in [3.8, 4) is 11.5 Å². The Morgan fingerprint density at radius 1 is 1.03 bits per heavy atom. The normalized spacial score (nSPS) is 16.8. The largest absolute Gasteiger partial charge is 0.507 e. The van der Waals surface area contributed by atoms with E-state index in [2.05, 4.69) is 31.9 Å². The zero-order valence-electron chi connectivity index (χ0n) is 21.9. The highest BCUT2D eigenvalue weighted by molar-refractivity contribution is 6.46. The van der Waals surface area contributed by atoms with Gasteiger partial charge in [-0.2, -0.15) is 0 Å². The Labute approximate surface area is 219 Å². The fourth-order valence-electron chi connectivity index (χ4n) is 4.41. The number of aryl methyl sites for hydroxylation is 1. The van der Waals surface area contributed by atoms with Crippen LogP contribution in [0.2, 0.25) is 0 Å². The standard InChI is InChI=1S/C30H36N2O5/c1-6-18-36-24-13-10-22(11-14-24)27-26(29(34)30(35)32(27)17-16-31(8-3)9-4)28(33)23-12-15-25(21(5)20-23)37-19-7-2/h6-7,10-15,20,27,33H,1-2,8-9,16-19H2,3-5H3/b28-26+. The predicted molar refractivity (Wildman–Crippen MR) is 146 cm³/mol. The van der Waals surface area contributed by atoms with Crippen LogP contribution < -0.4 is 9.47 Å². The van der Waals surface area contributed by atoms with Gasteiger partial charge in [0.2, 0.25) is 0 Å². The number of rotatable bonds is 13. The Kier molecular flexibility index (Phi) is 9.69. The molecule has 1 aliphatic rings. The summed E-state index contributed by atoms with van der Waals surface area (Å²) in [5.41, 5.74) is 2.03.